The molecule has 0 aliphatic heterocycles. The first-order chi connectivity index (χ1) is 6.22. The van der Waals surface area contributed by atoms with Crippen molar-refractivity contribution in [2.45, 2.75) is 33.2 Å². The molecule has 13 heavy (non-hydrogen) atoms. The van der Waals surface area contributed by atoms with Gasteiger partial charge in [-0.25, -0.2) is 4.98 Å². The Kier molecular flexibility index (Phi) is 3.89. The third-order valence-corrected chi connectivity index (χ3v) is 2.50. The lowest BCUT2D eigenvalue weighted by Gasteiger charge is -2.00. The highest BCUT2D eigenvalue weighted by Crippen LogP contribution is 2.10. The molecule has 1 rings (SSSR count). The summed E-state index contributed by atoms with van der Waals surface area (Å²) in [5.74, 6) is 0.107. The van der Waals surface area contributed by atoms with Gasteiger partial charge in [0.2, 0.25) is 5.91 Å². The molecule has 0 aliphatic rings. The van der Waals surface area contributed by atoms with Crippen LogP contribution in [0.15, 0.2) is 6.20 Å². The Morgan fingerprint density at radius 3 is 3.00 bits per heavy atom. The van der Waals surface area contributed by atoms with Crippen molar-refractivity contribution in [3.63, 3.8) is 0 Å². The summed E-state index contributed by atoms with van der Waals surface area (Å²) < 4.78 is 0. The van der Waals surface area contributed by atoms with Gasteiger partial charge in [-0.05, 0) is 13.3 Å². The first kappa shape index (κ1) is 10.2. The van der Waals surface area contributed by atoms with E-state index in [1.54, 1.807) is 11.3 Å². The number of hydrogen-bond donors (Lipinski definition) is 1. The van der Waals surface area contributed by atoms with Gasteiger partial charge < -0.3 is 5.32 Å². The number of nitrogens with one attached hydrogen (secondary N) is 1. The van der Waals surface area contributed by atoms with Crippen LogP contribution in [-0.2, 0) is 11.3 Å². The van der Waals surface area contributed by atoms with Crippen LogP contribution in [0.1, 0.15) is 29.7 Å². The Hall–Kier alpha value is -0.900. The van der Waals surface area contributed by atoms with E-state index in [9.17, 15) is 4.79 Å². The highest BCUT2D eigenvalue weighted by atomic mass is 32.1. The van der Waals surface area contributed by atoms with Gasteiger partial charge in [-0.2, -0.15) is 0 Å². The normalized spacial score (nSPS) is 10.0. The average molecular weight is 198 g/mol. The Balaban J connectivity index is 2.30. The van der Waals surface area contributed by atoms with Crippen LogP contribution in [0.2, 0.25) is 0 Å². The topological polar surface area (TPSA) is 42.0 Å². The van der Waals surface area contributed by atoms with Crippen LogP contribution in [0.5, 0.6) is 0 Å². The number of aromatic nitrogens is 1. The van der Waals surface area contributed by atoms with Crippen molar-refractivity contribution in [1.82, 2.24) is 10.3 Å². The number of amides is 1. The molecular weight excluding hydrogens is 184 g/mol. The summed E-state index contributed by atoms with van der Waals surface area (Å²) in [6.07, 6.45) is 3.32. The molecule has 0 unspecified atom stereocenters. The van der Waals surface area contributed by atoms with E-state index in [4.69, 9.17) is 0 Å². The molecule has 0 spiro atoms. The number of carbonyl (C=O) groups is 1. The summed E-state index contributed by atoms with van der Waals surface area (Å²) in [6.45, 7) is 4.57. The van der Waals surface area contributed by atoms with Gasteiger partial charge >= 0.3 is 0 Å². The van der Waals surface area contributed by atoms with Gasteiger partial charge in [0, 0.05) is 17.5 Å². The van der Waals surface area contributed by atoms with Crippen molar-refractivity contribution in [3.8, 4) is 0 Å². The minimum absolute atomic E-state index is 0.107. The van der Waals surface area contributed by atoms with Gasteiger partial charge in [0.1, 0.15) is 5.01 Å². The zero-order valence-electron chi connectivity index (χ0n) is 7.96. The van der Waals surface area contributed by atoms with E-state index in [-0.39, 0.29) is 5.91 Å². The van der Waals surface area contributed by atoms with Crippen molar-refractivity contribution in [2.75, 3.05) is 0 Å². The molecule has 1 amide bonds. The second-order valence-corrected chi connectivity index (χ2v) is 4.21. The molecule has 0 saturated heterocycles. The molecule has 1 aromatic rings. The molecule has 0 fully saturated rings. The number of thiazole rings is 1. The van der Waals surface area contributed by atoms with Crippen LogP contribution in [0.3, 0.4) is 0 Å². The fourth-order valence-corrected chi connectivity index (χ4v) is 1.70. The van der Waals surface area contributed by atoms with Crippen molar-refractivity contribution in [3.05, 3.63) is 16.1 Å². The molecule has 72 valence electrons. The monoisotopic (exact) mass is 198 g/mol. The van der Waals surface area contributed by atoms with E-state index in [1.165, 1.54) is 4.88 Å². The zero-order valence-corrected chi connectivity index (χ0v) is 8.78. The van der Waals surface area contributed by atoms with Crippen molar-refractivity contribution in [1.29, 1.82) is 0 Å². The third-order valence-electron chi connectivity index (χ3n) is 1.58. The van der Waals surface area contributed by atoms with Crippen molar-refractivity contribution >= 4 is 17.2 Å². The molecule has 1 aromatic heterocycles. The summed E-state index contributed by atoms with van der Waals surface area (Å²) in [5, 5.41) is 3.80. The number of nitrogens with zero attached hydrogens (tertiary/aromatic N) is 1. The Morgan fingerprint density at radius 2 is 2.46 bits per heavy atom. The minimum atomic E-state index is 0.107. The molecule has 1 N–H and O–H groups in total. The number of carbonyl (C=O) groups excluding carboxylic acids is 1. The standard InChI is InChI=1S/C9H14N2OS/c1-3-4-8(12)10-6-9-11-5-7(2)13-9/h5H,3-4,6H2,1-2H3,(H,10,12). The number of hydrogen-bond acceptors (Lipinski definition) is 3. The maximum atomic E-state index is 11.1. The van der Waals surface area contributed by atoms with Crippen molar-refractivity contribution in [2.24, 2.45) is 0 Å². The largest absolute Gasteiger partial charge is 0.350 e. The predicted octanol–water partition coefficient (Wildman–Crippen LogP) is 1.87. The summed E-state index contributed by atoms with van der Waals surface area (Å²) in [6, 6.07) is 0. The first-order valence-electron chi connectivity index (χ1n) is 4.40. The molecule has 0 aliphatic carbocycles. The summed E-state index contributed by atoms with van der Waals surface area (Å²) in [7, 11) is 0. The molecule has 0 saturated carbocycles. The lowest BCUT2D eigenvalue weighted by molar-refractivity contribution is -0.121. The van der Waals surface area contributed by atoms with E-state index in [0.29, 0.717) is 13.0 Å². The van der Waals surface area contributed by atoms with Gasteiger partial charge in [-0.3, -0.25) is 4.79 Å². The Labute approximate surface area is 82.2 Å². The summed E-state index contributed by atoms with van der Waals surface area (Å²) in [5.41, 5.74) is 0. The summed E-state index contributed by atoms with van der Waals surface area (Å²) >= 11 is 1.62. The lowest BCUT2D eigenvalue weighted by Crippen LogP contribution is -2.21. The van der Waals surface area contributed by atoms with Gasteiger partial charge in [0.25, 0.3) is 0 Å². The second kappa shape index (κ2) is 4.97. The molecule has 1 heterocycles. The second-order valence-electron chi connectivity index (χ2n) is 2.89. The molecular formula is C9H14N2OS. The molecule has 0 aromatic carbocycles. The highest BCUT2D eigenvalue weighted by Gasteiger charge is 2.01. The number of rotatable bonds is 4. The fourth-order valence-electron chi connectivity index (χ4n) is 0.973. The lowest BCUT2D eigenvalue weighted by atomic mass is 10.3. The Morgan fingerprint density at radius 1 is 1.69 bits per heavy atom. The first-order valence-corrected chi connectivity index (χ1v) is 5.22. The maximum Gasteiger partial charge on any atom is 0.220 e. The number of aryl methyl sites for hydroxylation is 1. The third kappa shape index (κ3) is 3.55. The summed E-state index contributed by atoms with van der Waals surface area (Å²) in [4.78, 5) is 16.4. The van der Waals surface area contributed by atoms with Gasteiger partial charge in [0.05, 0.1) is 6.54 Å². The molecule has 0 atom stereocenters. The fraction of sp³-hybridized carbons (Fsp3) is 0.556. The van der Waals surface area contributed by atoms with E-state index >= 15 is 0 Å². The van der Waals surface area contributed by atoms with Crippen LogP contribution < -0.4 is 5.32 Å². The van der Waals surface area contributed by atoms with Crippen LogP contribution in [0, 0.1) is 6.92 Å². The van der Waals surface area contributed by atoms with E-state index in [2.05, 4.69) is 10.3 Å². The van der Waals surface area contributed by atoms with Crippen LogP contribution in [0.4, 0.5) is 0 Å². The molecule has 0 bridgehead atoms. The van der Waals surface area contributed by atoms with E-state index in [0.717, 1.165) is 11.4 Å². The Bertz CT molecular complexity index is 283. The molecule has 0 radical (unpaired) electrons. The predicted molar refractivity (Wildman–Crippen MR) is 53.6 cm³/mol. The van der Waals surface area contributed by atoms with Crippen LogP contribution in [-0.4, -0.2) is 10.9 Å². The average Bonchev–Trinajstić information content (AvgIpc) is 2.49. The van der Waals surface area contributed by atoms with Crippen LogP contribution in [0.25, 0.3) is 0 Å². The van der Waals surface area contributed by atoms with E-state index < -0.39 is 0 Å². The smallest absolute Gasteiger partial charge is 0.220 e. The maximum absolute atomic E-state index is 11.1. The highest BCUT2D eigenvalue weighted by molar-refractivity contribution is 7.11. The quantitative estimate of drug-likeness (QED) is 0.802. The molecule has 3 nitrogen and oxygen atoms in total. The van der Waals surface area contributed by atoms with E-state index in [1.807, 2.05) is 20.0 Å². The minimum Gasteiger partial charge on any atom is -0.350 e. The van der Waals surface area contributed by atoms with Gasteiger partial charge in [-0.1, -0.05) is 6.92 Å². The SMILES string of the molecule is CCCC(=O)NCc1ncc(C)s1. The van der Waals surface area contributed by atoms with Gasteiger partial charge in [-0.15, -0.1) is 11.3 Å². The molecule has 4 heteroatoms. The van der Waals surface area contributed by atoms with Crippen molar-refractivity contribution < 1.29 is 4.79 Å². The van der Waals surface area contributed by atoms with Gasteiger partial charge in [0.15, 0.2) is 0 Å². The zero-order chi connectivity index (χ0) is 9.68. The van der Waals surface area contributed by atoms with Crippen LogP contribution >= 0.6 is 11.3 Å².